The van der Waals surface area contributed by atoms with Crippen molar-refractivity contribution in [2.45, 2.75) is 12.5 Å². The molecule has 84 valence electrons. The van der Waals surface area contributed by atoms with Gasteiger partial charge in [0.15, 0.2) is 5.65 Å². The highest BCUT2D eigenvalue weighted by molar-refractivity contribution is 9.10. The van der Waals surface area contributed by atoms with Gasteiger partial charge in [-0.05, 0) is 40.2 Å². The van der Waals surface area contributed by atoms with E-state index >= 15 is 0 Å². The number of thioether (sulfide) groups is 1. The Bertz CT molecular complexity index is 506. The second kappa shape index (κ2) is 4.25. The molecule has 4 nitrogen and oxygen atoms in total. The molecule has 0 saturated carbocycles. The molecule has 6 heteroatoms. The summed E-state index contributed by atoms with van der Waals surface area (Å²) in [7, 11) is 0. The van der Waals surface area contributed by atoms with Crippen LogP contribution < -0.4 is 5.32 Å². The quantitative estimate of drug-likeness (QED) is 0.924. The van der Waals surface area contributed by atoms with Gasteiger partial charge in [-0.15, -0.1) is 5.10 Å². The number of fused-ring (bicyclic) bond motifs is 1. The van der Waals surface area contributed by atoms with Gasteiger partial charge in [0.1, 0.15) is 0 Å². The van der Waals surface area contributed by atoms with Crippen molar-refractivity contribution in [2.75, 3.05) is 16.8 Å². The predicted molar refractivity (Wildman–Crippen MR) is 70.0 cm³/mol. The zero-order chi connectivity index (χ0) is 11.0. The standard InChI is InChI=1S/C10H11BrN4S/c11-8-2-1-4-15-9(8)13-10(14-15)12-7-3-5-16-6-7/h1-2,4,7H,3,5-6H2,(H,12,14). The summed E-state index contributed by atoms with van der Waals surface area (Å²) in [5.41, 5.74) is 0.857. The summed E-state index contributed by atoms with van der Waals surface area (Å²) >= 11 is 5.45. The molecule has 0 radical (unpaired) electrons. The molecular formula is C10H11BrN4S. The molecule has 2 aromatic heterocycles. The lowest BCUT2D eigenvalue weighted by Crippen LogP contribution is -2.18. The zero-order valence-corrected chi connectivity index (χ0v) is 11.0. The van der Waals surface area contributed by atoms with Crippen molar-refractivity contribution in [1.82, 2.24) is 14.6 Å². The van der Waals surface area contributed by atoms with Crippen LogP contribution in [-0.2, 0) is 0 Å². The number of rotatable bonds is 2. The minimum atomic E-state index is 0.515. The fourth-order valence-corrected chi connectivity index (χ4v) is 3.34. The zero-order valence-electron chi connectivity index (χ0n) is 8.56. The normalized spacial score (nSPS) is 20.4. The van der Waals surface area contributed by atoms with Gasteiger partial charge in [-0.3, -0.25) is 0 Å². The second-order valence-electron chi connectivity index (χ2n) is 3.76. The molecule has 1 aliphatic heterocycles. The van der Waals surface area contributed by atoms with Crippen molar-refractivity contribution in [3.05, 3.63) is 22.8 Å². The summed E-state index contributed by atoms with van der Waals surface area (Å²) in [6.07, 6.45) is 3.10. The van der Waals surface area contributed by atoms with E-state index in [0.29, 0.717) is 6.04 Å². The minimum Gasteiger partial charge on any atom is -0.349 e. The van der Waals surface area contributed by atoms with Crippen molar-refractivity contribution < 1.29 is 0 Å². The molecule has 1 fully saturated rings. The largest absolute Gasteiger partial charge is 0.349 e. The van der Waals surface area contributed by atoms with Crippen LogP contribution in [0.1, 0.15) is 6.42 Å². The maximum Gasteiger partial charge on any atom is 0.243 e. The summed E-state index contributed by atoms with van der Waals surface area (Å²) < 4.78 is 2.76. The Kier molecular flexibility index (Phi) is 2.77. The molecule has 0 amide bonds. The molecule has 1 saturated heterocycles. The molecule has 1 aliphatic rings. The summed E-state index contributed by atoms with van der Waals surface area (Å²) in [6.45, 7) is 0. The number of nitrogens with zero attached hydrogens (tertiary/aromatic N) is 3. The third-order valence-electron chi connectivity index (χ3n) is 2.58. The Morgan fingerprint density at radius 3 is 3.25 bits per heavy atom. The summed E-state index contributed by atoms with van der Waals surface area (Å²) in [5, 5.41) is 7.76. The van der Waals surface area contributed by atoms with Crippen LogP contribution in [0.25, 0.3) is 5.65 Å². The first kappa shape index (κ1) is 10.4. The first-order valence-corrected chi connectivity index (χ1v) is 7.13. The number of nitrogens with one attached hydrogen (secondary N) is 1. The Hall–Kier alpha value is -0.750. The lowest BCUT2D eigenvalue weighted by molar-refractivity contribution is 0.796. The van der Waals surface area contributed by atoms with Crippen LogP contribution in [0.2, 0.25) is 0 Å². The van der Waals surface area contributed by atoms with E-state index in [0.717, 1.165) is 21.8 Å². The van der Waals surface area contributed by atoms with Crippen molar-refractivity contribution in [1.29, 1.82) is 0 Å². The van der Waals surface area contributed by atoms with Gasteiger partial charge in [0.05, 0.1) is 4.47 Å². The average molecular weight is 299 g/mol. The van der Waals surface area contributed by atoms with Gasteiger partial charge in [0.25, 0.3) is 0 Å². The monoisotopic (exact) mass is 298 g/mol. The molecule has 1 unspecified atom stereocenters. The molecule has 0 spiro atoms. The number of hydrogen-bond donors (Lipinski definition) is 1. The van der Waals surface area contributed by atoms with Crippen LogP contribution in [0.4, 0.5) is 5.95 Å². The average Bonchev–Trinajstić information content (AvgIpc) is 2.88. The Morgan fingerprint density at radius 1 is 1.56 bits per heavy atom. The predicted octanol–water partition coefficient (Wildman–Crippen LogP) is 2.41. The minimum absolute atomic E-state index is 0.515. The molecule has 3 rings (SSSR count). The van der Waals surface area contributed by atoms with E-state index in [2.05, 4.69) is 31.3 Å². The van der Waals surface area contributed by atoms with Crippen molar-refractivity contribution in [2.24, 2.45) is 0 Å². The van der Waals surface area contributed by atoms with E-state index in [1.807, 2.05) is 30.1 Å². The van der Waals surface area contributed by atoms with Crippen LogP contribution in [0.5, 0.6) is 0 Å². The Labute approximate surface area is 106 Å². The highest BCUT2D eigenvalue weighted by Gasteiger charge is 2.17. The van der Waals surface area contributed by atoms with E-state index < -0.39 is 0 Å². The third-order valence-corrected chi connectivity index (χ3v) is 4.36. The van der Waals surface area contributed by atoms with Crippen molar-refractivity contribution in [3.63, 3.8) is 0 Å². The highest BCUT2D eigenvalue weighted by atomic mass is 79.9. The summed E-state index contributed by atoms with van der Waals surface area (Å²) in [4.78, 5) is 4.46. The SMILES string of the molecule is Brc1cccn2nc(NC3CCSC3)nc12. The summed E-state index contributed by atoms with van der Waals surface area (Å²) in [5.74, 6) is 3.10. The molecule has 0 bridgehead atoms. The van der Waals surface area contributed by atoms with Crippen LogP contribution in [0.3, 0.4) is 0 Å². The Balaban J connectivity index is 1.90. The first-order valence-electron chi connectivity index (χ1n) is 5.18. The smallest absolute Gasteiger partial charge is 0.243 e. The molecule has 16 heavy (non-hydrogen) atoms. The van der Waals surface area contributed by atoms with Gasteiger partial charge < -0.3 is 5.32 Å². The molecule has 0 aromatic carbocycles. The first-order chi connectivity index (χ1) is 7.83. The number of hydrogen-bond acceptors (Lipinski definition) is 4. The number of aromatic nitrogens is 3. The maximum atomic E-state index is 4.46. The topological polar surface area (TPSA) is 42.2 Å². The fraction of sp³-hybridized carbons (Fsp3) is 0.400. The van der Waals surface area contributed by atoms with Gasteiger partial charge >= 0.3 is 0 Å². The van der Waals surface area contributed by atoms with Crippen molar-refractivity contribution in [3.8, 4) is 0 Å². The lowest BCUT2D eigenvalue weighted by Gasteiger charge is -2.07. The van der Waals surface area contributed by atoms with Gasteiger partial charge in [-0.2, -0.15) is 16.7 Å². The van der Waals surface area contributed by atoms with Crippen LogP contribution >= 0.6 is 27.7 Å². The van der Waals surface area contributed by atoms with E-state index in [1.54, 1.807) is 4.52 Å². The van der Waals surface area contributed by atoms with Crippen LogP contribution in [0.15, 0.2) is 22.8 Å². The van der Waals surface area contributed by atoms with Crippen molar-refractivity contribution >= 4 is 39.3 Å². The lowest BCUT2D eigenvalue weighted by atomic mass is 10.3. The maximum absolute atomic E-state index is 4.46. The molecular weight excluding hydrogens is 288 g/mol. The molecule has 1 atom stereocenters. The van der Waals surface area contributed by atoms with Gasteiger partial charge in [0.2, 0.25) is 5.95 Å². The van der Waals surface area contributed by atoms with Crippen LogP contribution in [-0.4, -0.2) is 32.1 Å². The Morgan fingerprint density at radius 2 is 2.50 bits per heavy atom. The molecule has 3 heterocycles. The van der Waals surface area contributed by atoms with Gasteiger partial charge in [-0.25, -0.2) is 4.52 Å². The van der Waals surface area contributed by atoms with E-state index in [4.69, 9.17) is 0 Å². The number of halogens is 1. The molecule has 0 aliphatic carbocycles. The highest BCUT2D eigenvalue weighted by Crippen LogP contribution is 2.21. The van der Waals surface area contributed by atoms with Gasteiger partial charge in [-0.1, -0.05) is 0 Å². The van der Waals surface area contributed by atoms with Crippen LogP contribution in [0, 0.1) is 0 Å². The van der Waals surface area contributed by atoms with E-state index in [-0.39, 0.29) is 0 Å². The number of pyridine rings is 1. The third kappa shape index (κ3) is 1.91. The fourth-order valence-electron chi connectivity index (χ4n) is 1.77. The molecule has 2 aromatic rings. The second-order valence-corrected chi connectivity index (χ2v) is 5.77. The van der Waals surface area contributed by atoms with E-state index in [1.165, 1.54) is 12.2 Å². The van der Waals surface area contributed by atoms with Gasteiger partial charge in [0, 0.05) is 18.0 Å². The van der Waals surface area contributed by atoms with E-state index in [9.17, 15) is 0 Å². The number of anilines is 1. The summed E-state index contributed by atoms with van der Waals surface area (Å²) in [6, 6.07) is 4.43. The molecule has 1 N–H and O–H groups in total.